The molecule has 13 heavy (non-hydrogen) atoms. The molecule has 76 valence electrons. The van der Waals surface area contributed by atoms with Gasteiger partial charge >= 0.3 is 0 Å². The van der Waals surface area contributed by atoms with E-state index in [0.717, 1.165) is 24.0 Å². The molecule has 0 atom stereocenters. The molecule has 1 aromatic rings. The zero-order valence-electron chi connectivity index (χ0n) is 7.86. The number of hydrogen-bond donors (Lipinski definition) is 1. The monoisotopic (exact) mass is 222 g/mol. The van der Waals surface area contributed by atoms with Gasteiger partial charge in [0.2, 0.25) is 0 Å². The van der Waals surface area contributed by atoms with Gasteiger partial charge in [0.15, 0.2) is 5.16 Å². The number of nitrogens with one attached hydrogen (secondary N) is 1. The molecule has 1 aromatic heterocycles. The average molecular weight is 223 g/mol. The van der Waals surface area contributed by atoms with Gasteiger partial charge in [-0.3, -0.25) is 0 Å². The quantitative estimate of drug-likeness (QED) is 0.595. The van der Waals surface area contributed by atoms with Crippen molar-refractivity contribution in [2.75, 3.05) is 18.8 Å². The molecule has 1 N–H and O–H groups in total. The second-order valence-corrected chi connectivity index (χ2v) is 3.49. The van der Waals surface area contributed by atoms with Crippen molar-refractivity contribution in [3.63, 3.8) is 0 Å². The van der Waals surface area contributed by atoms with Crippen molar-refractivity contribution in [3.8, 4) is 0 Å². The van der Waals surface area contributed by atoms with E-state index in [1.807, 2.05) is 11.6 Å². The van der Waals surface area contributed by atoms with Gasteiger partial charge in [-0.15, -0.1) is 22.6 Å². The van der Waals surface area contributed by atoms with Crippen LogP contribution in [0, 0.1) is 0 Å². The van der Waals surface area contributed by atoms with Crippen molar-refractivity contribution in [2.24, 2.45) is 7.05 Å². The molecule has 0 spiro atoms. The molecule has 0 aliphatic carbocycles. The number of halogens is 1. The third-order valence-corrected chi connectivity index (χ3v) is 2.47. The molecule has 6 heteroatoms. The Morgan fingerprint density at radius 2 is 2.38 bits per heavy atom. The second kappa shape index (κ2) is 7.17. The van der Waals surface area contributed by atoms with Crippen LogP contribution in [0.1, 0.15) is 6.92 Å². The predicted molar refractivity (Wildman–Crippen MR) is 57.5 cm³/mol. The van der Waals surface area contributed by atoms with Gasteiger partial charge in [0, 0.05) is 19.3 Å². The fraction of sp³-hybridized carbons (Fsp3) is 0.714. The SMILES string of the molecule is CCNCCSc1nncn1C.Cl. The molecule has 0 saturated heterocycles. The largest absolute Gasteiger partial charge is 0.316 e. The molecular weight excluding hydrogens is 208 g/mol. The van der Waals surface area contributed by atoms with Crippen LogP contribution in [0.25, 0.3) is 0 Å². The van der Waals surface area contributed by atoms with Crippen LogP contribution in [-0.2, 0) is 7.05 Å². The first kappa shape index (κ1) is 12.7. The molecule has 1 rings (SSSR count). The molecule has 0 radical (unpaired) electrons. The lowest BCUT2D eigenvalue weighted by molar-refractivity contribution is 0.759. The van der Waals surface area contributed by atoms with E-state index in [4.69, 9.17) is 0 Å². The molecule has 0 amide bonds. The molecular formula is C7H15ClN4S. The number of nitrogens with zero attached hydrogens (tertiary/aromatic N) is 3. The first-order valence-electron chi connectivity index (χ1n) is 4.02. The summed E-state index contributed by atoms with van der Waals surface area (Å²) >= 11 is 1.72. The highest BCUT2D eigenvalue weighted by Crippen LogP contribution is 2.11. The summed E-state index contributed by atoms with van der Waals surface area (Å²) in [6, 6.07) is 0. The van der Waals surface area contributed by atoms with Crippen molar-refractivity contribution in [1.29, 1.82) is 0 Å². The Bertz CT molecular complexity index is 228. The van der Waals surface area contributed by atoms with E-state index in [1.54, 1.807) is 18.1 Å². The van der Waals surface area contributed by atoms with Gasteiger partial charge in [0.05, 0.1) is 0 Å². The first-order chi connectivity index (χ1) is 5.84. The molecule has 0 bridgehead atoms. The summed E-state index contributed by atoms with van der Waals surface area (Å²) in [5.41, 5.74) is 0. The van der Waals surface area contributed by atoms with Gasteiger partial charge in [-0.1, -0.05) is 18.7 Å². The van der Waals surface area contributed by atoms with Crippen LogP contribution in [0.5, 0.6) is 0 Å². The summed E-state index contributed by atoms with van der Waals surface area (Å²) in [7, 11) is 1.95. The van der Waals surface area contributed by atoms with E-state index < -0.39 is 0 Å². The molecule has 1 heterocycles. The normalized spacial score (nSPS) is 9.69. The van der Waals surface area contributed by atoms with Crippen LogP contribution >= 0.6 is 24.2 Å². The third-order valence-electron chi connectivity index (χ3n) is 1.43. The fourth-order valence-electron chi connectivity index (χ4n) is 0.795. The molecule has 0 fully saturated rings. The summed E-state index contributed by atoms with van der Waals surface area (Å²) in [4.78, 5) is 0. The van der Waals surface area contributed by atoms with Crippen molar-refractivity contribution in [2.45, 2.75) is 12.1 Å². The van der Waals surface area contributed by atoms with E-state index in [2.05, 4.69) is 22.4 Å². The number of thioether (sulfide) groups is 1. The maximum absolute atomic E-state index is 3.96. The van der Waals surface area contributed by atoms with Crippen molar-refractivity contribution < 1.29 is 0 Å². The van der Waals surface area contributed by atoms with Crippen molar-refractivity contribution in [3.05, 3.63) is 6.33 Å². The van der Waals surface area contributed by atoms with Crippen LogP contribution in [0.4, 0.5) is 0 Å². The molecule has 0 unspecified atom stereocenters. The van der Waals surface area contributed by atoms with E-state index in [0.29, 0.717) is 0 Å². The van der Waals surface area contributed by atoms with Crippen molar-refractivity contribution in [1.82, 2.24) is 20.1 Å². The maximum atomic E-state index is 3.96. The Morgan fingerprint density at radius 3 is 2.92 bits per heavy atom. The van der Waals surface area contributed by atoms with E-state index in [9.17, 15) is 0 Å². The molecule has 0 aromatic carbocycles. The lowest BCUT2D eigenvalue weighted by atomic mass is 10.7. The van der Waals surface area contributed by atoms with E-state index in [-0.39, 0.29) is 12.4 Å². The molecule has 4 nitrogen and oxygen atoms in total. The standard InChI is InChI=1S/C7H14N4S.ClH/c1-3-8-4-5-12-7-10-9-6-11(7)2;/h6,8H,3-5H2,1-2H3;1H. The number of aromatic nitrogens is 3. The highest BCUT2D eigenvalue weighted by atomic mass is 35.5. The van der Waals surface area contributed by atoms with Gasteiger partial charge in [-0.2, -0.15) is 0 Å². The van der Waals surface area contributed by atoms with Crippen LogP contribution < -0.4 is 5.32 Å². The Morgan fingerprint density at radius 1 is 1.62 bits per heavy atom. The first-order valence-corrected chi connectivity index (χ1v) is 5.00. The third kappa shape index (κ3) is 4.50. The molecule has 0 aliphatic rings. The topological polar surface area (TPSA) is 42.7 Å². The van der Waals surface area contributed by atoms with Crippen LogP contribution in [-0.4, -0.2) is 33.6 Å². The Kier molecular flexibility index (Phi) is 7.03. The minimum Gasteiger partial charge on any atom is -0.316 e. The minimum absolute atomic E-state index is 0. The summed E-state index contributed by atoms with van der Waals surface area (Å²) in [6.45, 7) is 4.15. The van der Waals surface area contributed by atoms with E-state index in [1.165, 1.54) is 0 Å². The summed E-state index contributed by atoms with van der Waals surface area (Å²) in [5, 5.41) is 12.0. The lowest BCUT2D eigenvalue weighted by Gasteiger charge is -2.00. The Hall–Kier alpha value is -0.260. The molecule has 0 saturated carbocycles. The predicted octanol–water partition coefficient (Wildman–Crippen LogP) is 0.938. The number of hydrogen-bond acceptors (Lipinski definition) is 4. The number of rotatable bonds is 5. The minimum atomic E-state index is 0. The van der Waals surface area contributed by atoms with Crippen LogP contribution in [0.15, 0.2) is 11.5 Å². The zero-order valence-corrected chi connectivity index (χ0v) is 9.49. The lowest BCUT2D eigenvalue weighted by Crippen LogP contribution is -2.16. The van der Waals surface area contributed by atoms with Crippen LogP contribution in [0.2, 0.25) is 0 Å². The maximum Gasteiger partial charge on any atom is 0.190 e. The van der Waals surface area contributed by atoms with Gasteiger partial charge in [0.25, 0.3) is 0 Å². The number of aryl methyl sites for hydroxylation is 1. The summed E-state index contributed by atoms with van der Waals surface area (Å²) in [5.74, 6) is 1.04. The van der Waals surface area contributed by atoms with E-state index >= 15 is 0 Å². The van der Waals surface area contributed by atoms with Gasteiger partial charge < -0.3 is 9.88 Å². The molecule has 0 aliphatic heterocycles. The Balaban J connectivity index is 0.00000144. The van der Waals surface area contributed by atoms with Crippen molar-refractivity contribution >= 4 is 24.2 Å². The fourth-order valence-corrected chi connectivity index (χ4v) is 1.58. The Labute approximate surface area is 88.9 Å². The summed E-state index contributed by atoms with van der Waals surface area (Å²) in [6.07, 6.45) is 1.72. The van der Waals surface area contributed by atoms with Crippen LogP contribution in [0.3, 0.4) is 0 Å². The summed E-state index contributed by atoms with van der Waals surface area (Å²) < 4.78 is 1.93. The zero-order chi connectivity index (χ0) is 8.81. The van der Waals surface area contributed by atoms with Gasteiger partial charge in [-0.25, -0.2) is 0 Å². The average Bonchev–Trinajstić information content (AvgIpc) is 2.46. The van der Waals surface area contributed by atoms with Gasteiger partial charge in [0.1, 0.15) is 6.33 Å². The van der Waals surface area contributed by atoms with Gasteiger partial charge in [-0.05, 0) is 6.54 Å². The smallest absolute Gasteiger partial charge is 0.190 e. The highest BCUT2D eigenvalue weighted by molar-refractivity contribution is 7.99. The highest BCUT2D eigenvalue weighted by Gasteiger charge is 1.99. The second-order valence-electron chi connectivity index (χ2n) is 2.43.